The molecule has 1 N–H and O–H groups in total. The molecular formula is C21H22F3N5O. The van der Waals surface area contributed by atoms with E-state index in [0.717, 1.165) is 47.5 Å². The van der Waals surface area contributed by atoms with Crippen molar-refractivity contribution >= 4 is 22.4 Å². The molecule has 9 heteroatoms. The zero-order chi connectivity index (χ0) is 21.3. The van der Waals surface area contributed by atoms with E-state index in [1.54, 1.807) is 19.2 Å². The summed E-state index contributed by atoms with van der Waals surface area (Å²) >= 11 is 0. The third-order valence-electron chi connectivity index (χ3n) is 5.24. The van der Waals surface area contributed by atoms with Crippen molar-refractivity contribution in [1.29, 1.82) is 0 Å². The number of morpholine rings is 1. The topological polar surface area (TPSA) is 63.2 Å². The van der Waals surface area contributed by atoms with Gasteiger partial charge in [0.1, 0.15) is 5.82 Å². The fourth-order valence-electron chi connectivity index (χ4n) is 3.51. The van der Waals surface area contributed by atoms with Crippen molar-refractivity contribution in [2.24, 2.45) is 0 Å². The molecule has 1 aliphatic heterocycles. The van der Waals surface area contributed by atoms with Crippen LogP contribution in [-0.2, 0) is 10.9 Å². The first kappa shape index (κ1) is 20.3. The van der Waals surface area contributed by atoms with Crippen LogP contribution in [0.3, 0.4) is 0 Å². The van der Waals surface area contributed by atoms with E-state index in [9.17, 15) is 13.2 Å². The summed E-state index contributed by atoms with van der Waals surface area (Å²) in [5.41, 5.74) is 0.582. The second-order valence-electron chi connectivity index (χ2n) is 7.31. The van der Waals surface area contributed by atoms with Crippen LogP contribution < -0.4 is 10.2 Å². The normalized spacial score (nSPS) is 16.0. The molecule has 1 atom stereocenters. The van der Waals surface area contributed by atoms with E-state index < -0.39 is 17.8 Å². The lowest BCUT2D eigenvalue weighted by molar-refractivity contribution is -0.137. The molecule has 0 radical (unpaired) electrons. The van der Waals surface area contributed by atoms with Crippen LogP contribution in [0.2, 0.25) is 0 Å². The van der Waals surface area contributed by atoms with Crippen molar-refractivity contribution in [2.75, 3.05) is 36.5 Å². The monoisotopic (exact) mass is 417 g/mol. The van der Waals surface area contributed by atoms with Gasteiger partial charge < -0.3 is 15.0 Å². The molecule has 1 saturated heterocycles. The summed E-state index contributed by atoms with van der Waals surface area (Å²) in [5.74, 6) is 1.32. The number of alkyl halides is 3. The number of aryl methyl sites for hydroxylation is 1. The van der Waals surface area contributed by atoms with Crippen molar-refractivity contribution in [3.63, 3.8) is 0 Å². The van der Waals surface area contributed by atoms with E-state index in [1.165, 1.54) is 6.07 Å². The number of anilines is 2. The summed E-state index contributed by atoms with van der Waals surface area (Å²) in [5, 5.41) is 13.4. The van der Waals surface area contributed by atoms with E-state index in [2.05, 4.69) is 25.4 Å². The van der Waals surface area contributed by atoms with E-state index in [1.807, 2.05) is 13.0 Å². The highest BCUT2D eigenvalue weighted by atomic mass is 19.4. The van der Waals surface area contributed by atoms with E-state index in [-0.39, 0.29) is 0 Å². The fourth-order valence-corrected chi connectivity index (χ4v) is 3.51. The molecule has 0 spiro atoms. The highest BCUT2D eigenvalue weighted by Gasteiger charge is 2.30. The van der Waals surface area contributed by atoms with E-state index in [0.29, 0.717) is 24.6 Å². The van der Waals surface area contributed by atoms with Gasteiger partial charge in [-0.25, -0.2) is 4.98 Å². The Morgan fingerprint density at radius 2 is 1.87 bits per heavy atom. The van der Waals surface area contributed by atoms with Crippen LogP contribution in [0.1, 0.15) is 29.8 Å². The van der Waals surface area contributed by atoms with Gasteiger partial charge in [-0.15, -0.1) is 5.10 Å². The molecule has 1 aliphatic rings. The van der Waals surface area contributed by atoms with Crippen LogP contribution in [0.25, 0.3) is 10.8 Å². The van der Waals surface area contributed by atoms with Crippen molar-refractivity contribution < 1.29 is 17.9 Å². The molecule has 4 rings (SSSR count). The minimum absolute atomic E-state index is 0.396. The quantitative estimate of drug-likeness (QED) is 0.681. The number of rotatable bonds is 4. The highest BCUT2D eigenvalue weighted by molar-refractivity contribution is 5.94. The Balaban J connectivity index is 1.67. The molecule has 2 aromatic heterocycles. The Kier molecular flexibility index (Phi) is 5.46. The van der Waals surface area contributed by atoms with Crippen molar-refractivity contribution in [3.8, 4) is 0 Å². The molecule has 0 amide bonds. The Morgan fingerprint density at radius 1 is 1.10 bits per heavy atom. The number of fused-ring (bicyclic) bond motifs is 1. The average molecular weight is 417 g/mol. The third kappa shape index (κ3) is 4.16. The molecule has 0 aliphatic carbocycles. The smallest absolute Gasteiger partial charge is 0.378 e. The zero-order valence-corrected chi connectivity index (χ0v) is 16.7. The summed E-state index contributed by atoms with van der Waals surface area (Å²) in [6.07, 6.45) is -2.62. The lowest BCUT2D eigenvalue weighted by Crippen LogP contribution is -2.36. The van der Waals surface area contributed by atoms with Gasteiger partial charge in [-0.05, 0) is 37.6 Å². The maximum Gasteiger partial charge on any atom is 0.416 e. The summed E-state index contributed by atoms with van der Waals surface area (Å²) in [7, 11) is 0. The number of hydrogen-bond acceptors (Lipinski definition) is 6. The zero-order valence-electron chi connectivity index (χ0n) is 16.7. The third-order valence-corrected chi connectivity index (χ3v) is 5.24. The number of hydrogen-bond donors (Lipinski definition) is 1. The van der Waals surface area contributed by atoms with Gasteiger partial charge in [0, 0.05) is 30.1 Å². The molecule has 3 heterocycles. The second kappa shape index (κ2) is 8.06. The van der Waals surface area contributed by atoms with Crippen molar-refractivity contribution in [1.82, 2.24) is 15.2 Å². The predicted molar refractivity (Wildman–Crippen MR) is 109 cm³/mol. The lowest BCUT2D eigenvalue weighted by atomic mass is 10.0. The van der Waals surface area contributed by atoms with Crippen LogP contribution in [0, 0.1) is 6.92 Å². The number of aromatic nitrogens is 3. The predicted octanol–water partition coefficient (Wildman–Crippen LogP) is 4.36. The molecule has 1 fully saturated rings. The summed E-state index contributed by atoms with van der Waals surface area (Å²) < 4.78 is 44.6. The fraction of sp³-hybridized carbons (Fsp3) is 0.381. The van der Waals surface area contributed by atoms with E-state index in [4.69, 9.17) is 4.74 Å². The maximum atomic E-state index is 13.1. The molecule has 0 saturated carbocycles. The van der Waals surface area contributed by atoms with Gasteiger partial charge in [0.25, 0.3) is 0 Å². The molecule has 1 unspecified atom stereocenters. The SMILES string of the molecule is Cc1nnc(NC(C)c2cccc(C(F)(F)F)c2)c2cc(N3CCOCC3)ncc12. The first-order valence-corrected chi connectivity index (χ1v) is 9.72. The minimum Gasteiger partial charge on any atom is -0.378 e. The van der Waals surface area contributed by atoms with Crippen LogP contribution in [-0.4, -0.2) is 41.5 Å². The number of ether oxygens (including phenoxy) is 1. The minimum atomic E-state index is -4.38. The Bertz CT molecular complexity index is 1050. The van der Waals surface area contributed by atoms with Gasteiger partial charge in [-0.3, -0.25) is 0 Å². The summed E-state index contributed by atoms with van der Waals surface area (Å²) in [4.78, 5) is 6.70. The molecule has 3 aromatic rings. The standard InChI is InChI=1S/C21H22F3N5O/c1-13(15-4-3-5-16(10-15)21(22,23)24)26-20-17-11-19(29-6-8-30-9-7-29)25-12-18(17)14(2)27-28-20/h3-5,10-13H,6-9H2,1-2H3,(H,26,28). The van der Waals surface area contributed by atoms with Gasteiger partial charge >= 0.3 is 6.18 Å². The van der Waals surface area contributed by atoms with Crippen molar-refractivity contribution in [2.45, 2.75) is 26.1 Å². The Labute approximate surface area is 172 Å². The Morgan fingerprint density at radius 3 is 2.60 bits per heavy atom. The number of halogens is 3. The number of pyridine rings is 1. The number of benzene rings is 1. The molecule has 158 valence electrons. The molecule has 0 bridgehead atoms. The van der Waals surface area contributed by atoms with Gasteiger partial charge in [0.15, 0.2) is 5.82 Å². The molecular weight excluding hydrogens is 395 g/mol. The van der Waals surface area contributed by atoms with E-state index >= 15 is 0 Å². The van der Waals surface area contributed by atoms with Gasteiger partial charge in [-0.1, -0.05) is 12.1 Å². The van der Waals surface area contributed by atoms with Crippen LogP contribution in [0.15, 0.2) is 36.5 Å². The summed E-state index contributed by atoms with van der Waals surface area (Å²) in [6, 6.07) is 6.85. The molecule has 30 heavy (non-hydrogen) atoms. The first-order chi connectivity index (χ1) is 14.3. The molecule has 1 aromatic carbocycles. The van der Waals surface area contributed by atoms with Crippen molar-refractivity contribution in [3.05, 3.63) is 53.3 Å². The van der Waals surface area contributed by atoms with Crippen LogP contribution in [0.5, 0.6) is 0 Å². The van der Waals surface area contributed by atoms with Crippen LogP contribution >= 0.6 is 0 Å². The van der Waals surface area contributed by atoms with Gasteiger partial charge in [-0.2, -0.15) is 18.3 Å². The average Bonchev–Trinajstić information content (AvgIpc) is 2.75. The lowest BCUT2D eigenvalue weighted by Gasteiger charge is -2.28. The molecule has 6 nitrogen and oxygen atoms in total. The highest BCUT2D eigenvalue weighted by Crippen LogP contribution is 2.32. The largest absolute Gasteiger partial charge is 0.416 e. The van der Waals surface area contributed by atoms with Gasteiger partial charge in [0.05, 0.1) is 30.5 Å². The maximum absolute atomic E-state index is 13.1. The summed E-state index contributed by atoms with van der Waals surface area (Å²) in [6.45, 7) is 6.44. The first-order valence-electron chi connectivity index (χ1n) is 9.72. The Hall–Kier alpha value is -2.94. The number of nitrogens with one attached hydrogen (secondary N) is 1. The van der Waals surface area contributed by atoms with Crippen LogP contribution in [0.4, 0.5) is 24.8 Å². The number of nitrogens with zero attached hydrogens (tertiary/aromatic N) is 4. The van der Waals surface area contributed by atoms with Gasteiger partial charge in [0.2, 0.25) is 0 Å². The second-order valence-corrected chi connectivity index (χ2v) is 7.31.